The van der Waals surface area contributed by atoms with Crippen LogP contribution in [-0.4, -0.2) is 16.0 Å². The van der Waals surface area contributed by atoms with Crippen molar-refractivity contribution in [1.29, 1.82) is 0 Å². The molecule has 0 aliphatic heterocycles. The van der Waals surface area contributed by atoms with Crippen molar-refractivity contribution >= 4 is 39.0 Å². The lowest BCUT2D eigenvalue weighted by atomic mass is 10.0. The van der Waals surface area contributed by atoms with E-state index in [1.807, 2.05) is 6.07 Å². The van der Waals surface area contributed by atoms with E-state index >= 15 is 0 Å². The van der Waals surface area contributed by atoms with E-state index in [1.54, 1.807) is 11.3 Å². The maximum absolute atomic E-state index is 6.33. The van der Waals surface area contributed by atoms with Crippen LogP contribution in [0.4, 0.5) is 5.82 Å². The minimum Gasteiger partial charge on any atom is -0.349 e. The van der Waals surface area contributed by atoms with Gasteiger partial charge in [-0.3, -0.25) is 0 Å². The van der Waals surface area contributed by atoms with E-state index < -0.39 is 0 Å². The Morgan fingerprint density at radius 1 is 1.00 bits per heavy atom. The molecule has 0 aliphatic carbocycles. The Bertz CT molecular complexity index is 1150. The van der Waals surface area contributed by atoms with Crippen LogP contribution in [0.5, 0.6) is 0 Å². The molecule has 2 heterocycles. The Morgan fingerprint density at radius 3 is 2.45 bits per heavy atom. The van der Waals surface area contributed by atoms with E-state index in [9.17, 15) is 0 Å². The average Bonchev–Trinajstić information content (AvgIpc) is 3.12. The van der Waals surface area contributed by atoms with E-state index in [1.165, 1.54) is 27.8 Å². The highest BCUT2D eigenvalue weighted by atomic mass is 35.5. The molecule has 0 amide bonds. The zero-order valence-corrected chi connectivity index (χ0v) is 18.7. The van der Waals surface area contributed by atoms with E-state index in [-0.39, 0.29) is 6.04 Å². The standard InChI is InChI=1S/C24H24ClN3S/c1-15(2)28(13-18-8-6-5-7-9-18)22-21-20(14-29-23(21)27-24(25)26-22)19-11-10-16(3)17(4)12-19/h5-12,14-15H,13H2,1-4H3. The Balaban J connectivity index is 1.90. The van der Waals surface area contributed by atoms with Crippen molar-refractivity contribution in [2.75, 3.05) is 4.90 Å². The first-order valence-corrected chi connectivity index (χ1v) is 11.0. The van der Waals surface area contributed by atoms with Gasteiger partial charge in [-0.25, -0.2) is 4.98 Å². The third-order valence-corrected chi connectivity index (χ3v) is 6.34. The Morgan fingerprint density at radius 2 is 1.76 bits per heavy atom. The number of rotatable bonds is 5. The van der Waals surface area contributed by atoms with E-state index in [4.69, 9.17) is 16.6 Å². The Labute approximate surface area is 181 Å². The second kappa shape index (κ2) is 8.13. The van der Waals surface area contributed by atoms with Gasteiger partial charge in [-0.15, -0.1) is 11.3 Å². The van der Waals surface area contributed by atoms with Crippen LogP contribution in [0, 0.1) is 13.8 Å². The molecular weight excluding hydrogens is 398 g/mol. The fourth-order valence-electron chi connectivity index (χ4n) is 3.51. The lowest BCUT2D eigenvalue weighted by Gasteiger charge is -2.29. The van der Waals surface area contributed by atoms with Crippen molar-refractivity contribution < 1.29 is 0 Å². The molecule has 2 aromatic heterocycles. The predicted molar refractivity (Wildman–Crippen MR) is 125 cm³/mol. The molecule has 0 saturated heterocycles. The molecule has 0 aliphatic rings. The number of benzene rings is 2. The molecular formula is C24H24ClN3S. The molecule has 0 atom stereocenters. The summed E-state index contributed by atoms with van der Waals surface area (Å²) in [6.07, 6.45) is 0. The molecule has 0 bridgehead atoms. The highest BCUT2D eigenvalue weighted by molar-refractivity contribution is 7.17. The molecule has 2 aromatic carbocycles. The number of aromatic nitrogens is 2. The van der Waals surface area contributed by atoms with Crippen molar-refractivity contribution in [2.45, 2.75) is 40.3 Å². The fraction of sp³-hybridized carbons (Fsp3) is 0.250. The highest BCUT2D eigenvalue weighted by Crippen LogP contribution is 2.40. The van der Waals surface area contributed by atoms with Crippen molar-refractivity contribution in [3.8, 4) is 11.1 Å². The summed E-state index contributed by atoms with van der Waals surface area (Å²) < 4.78 is 0. The van der Waals surface area contributed by atoms with Gasteiger partial charge in [0.05, 0.1) is 5.39 Å². The van der Waals surface area contributed by atoms with Gasteiger partial charge in [0.25, 0.3) is 0 Å². The molecule has 0 radical (unpaired) electrons. The lowest BCUT2D eigenvalue weighted by Crippen LogP contribution is -2.31. The summed E-state index contributed by atoms with van der Waals surface area (Å²) in [7, 11) is 0. The Hall–Kier alpha value is -2.43. The summed E-state index contributed by atoms with van der Waals surface area (Å²) in [5.41, 5.74) is 6.17. The first kappa shape index (κ1) is 19.9. The molecule has 0 unspecified atom stereocenters. The minimum absolute atomic E-state index is 0.261. The molecule has 148 valence electrons. The number of hydrogen-bond donors (Lipinski definition) is 0. The summed E-state index contributed by atoms with van der Waals surface area (Å²) in [5, 5.41) is 3.54. The summed E-state index contributed by atoms with van der Waals surface area (Å²) in [6.45, 7) is 9.43. The number of thiophene rings is 1. The third-order valence-electron chi connectivity index (χ3n) is 5.30. The molecule has 0 spiro atoms. The highest BCUT2D eigenvalue weighted by Gasteiger charge is 2.22. The topological polar surface area (TPSA) is 29.0 Å². The normalized spacial score (nSPS) is 11.4. The van der Waals surface area contributed by atoms with Gasteiger partial charge in [0, 0.05) is 23.5 Å². The average molecular weight is 422 g/mol. The van der Waals surface area contributed by atoms with Gasteiger partial charge in [0.2, 0.25) is 5.28 Å². The first-order chi connectivity index (χ1) is 13.9. The number of fused-ring (bicyclic) bond motifs is 1. The molecule has 0 saturated carbocycles. The quantitative estimate of drug-likeness (QED) is 0.323. The van der Waals surface area contributed by atoms with Crippen molar-refractivity contribution in [1.82, 2.24) is 9.97 Å². The van der Waals surface area contributed by atoms with Gasteiger partial charge >= 0.3 is 0 Å². The summed E-state index contributed by atoms with van der Waals surface area (Å²) in [5.74, 6) is 0.897. The largest absolute Gasteiger partial charge is 0.349 e. The maximum Gasteiger partial charge on any atom is 0.225 e. The number of anilines is 1. The molecule has 4 aromatic rings. The fourth-order valence-corrected chi connectivity index (χ4v) is 4.67. The summed E-state index contributed by atoms with van der Waals surface area (Å²) in [6, 6.07) is 17.3. The molecule has 29 heavy (non-hydrogen) atoms. The van der Waals surface area contributed by atoms with Crippen molar-refractivity contribution in [2.24, 2.45) is 0 Å². The van der Waals surface area contributed by atoms with Crippen LogP contribution in [0.15, 0.2) is 53.9 Å². The van der Waals surface area contributed by atoms with Crippen LogP contribution in [0.2, 0.25) is 5.28 Å². The van der Waals surface area contributed by atoms with E-state index in [0.717, 1.165) is 22.6 Å². The van der Waals surface area contributed by atoms with Gasteiger partial charge < -0.3 is 4.90 Å². The van der Waals surface area contributed by atoms with Gasteiger partial charge in [-0.2, -0.15) is 4.98 Å². The van der Waals surface area contributed by atoms with Crippen LogP contribution in [-0.2, 0) is 6.54 Å². The number of aryl methyl sites for hydroxylation is 2. The monoisotopic (exact) mass is 421 g/mol. The van der Waals surface area contributed by atoms with Gasteiger partial charge in [0.1, 0.15) is 10.6 Å². The first-order valence-electron chi connectivity index (χ1n) is 9.77. The second-order valence-electron chi connectivity index (χ2n) is 7.65. The van der Waals surface area contributed by atoms with Crippen LogP contribution in [0.1, 0.15) is 30.5 Å². The summed E-state index contributed by atoms with van der Waals surface area (Å²) >= 11 is 7.95. The zero-order chi connectivity index (χ0) is 20.5. The predicted octanol–water partition coefficient (Wildman–Crippen LogP) is 7.04. The van der Waals surface area contributed by atoms with E-state index in [2.05, 4.69) is 85.4 Å². The van der Waals surface area contributed by atoms with Gasteiger partial charge in [-0.05, 0) is 61.5 Å². The zero-order valence-electron chi connectivity index (χ0n) is 17.1. The molecule has 0 N–H and O–H groups in total. The molecule has 0 fully saturated rings. The maximum atomic E-state index is 6.33. The molecule has 4 rings (SSSR count). The van der Waals surface area contributed by atoms with Crippen molar-refractivity contribution in [3.05, 3.63) is 75.9 Å². The number of nitrogens with zero attached hydrogens (tertiary/aromatic N) is 3. The number of halogens is 1. The van der Waals surface area contributed by atoms with Crippen LogP contribution < -0.4 is 4.90 Å². The summed E-state index contributed by atoms with van der Waals surface area (Å²) in [4.78, 5) is 12.5. The minimum atomic E-state index is 0.261. The van der Waals surface area contributed by atoms with Crippen molar-refractivity contribution in [3.63, 3.8) is 0 Å². The van der Waals surface area contributed by atoms with Crippen LogP contribution in [0.25, 0.3) is 21.3 Å². The van der Waals surface area contributed by atoms with Gasteiger partial charge in [0.15, 0.2) is 0 Å². The lowest BCUT2D eigenvalue weighted by molar-refractivity contribution is 0.675. The molecule has 3 nitrogen and oxygen atoms in total. The van der Waals surface area contributed by atoms with Gasteiger partial charge in [-0.1, -0.05) is 48.5 Å². The Kier molecular flexibility index (Phi) is 5.57. The van der Waals surface area contributed by atoms with Crippen LogP contribution >= 0.6 is 22.9 Å². The van der Waals surface area contributed by atoms with E-state index in [0.29, 0.717) is 5.28 Å². The third kappa shape index (κ3) is 4.00. The SMILES string of the molecule is Cc1ccc(-c2csc3nc(Cl)nc(N(Cc4ccccc4)C(C)C)c23)cc1C. The smallest absolute Gasteiger partial charge is 0.225 e. The second-order valence-corrected chi connectivity index (χ2v) is 8.85. The number of hydrogen-bond acceptors (Lipinski definition) is 4. The van der Waals surface area contributed by atoms with Crippen LogP contribution in [0.3, 0.4) is 0 Å². The molecule has 5 heteroatoms.